The number of amides is 1. The van der Waals surface area contributed by atoms with Crippen molar-refractivity contribution < 1.29 is 13.6 Å². The Balaban J connectivity index is 1.31. The van der Waals surface area contributed by atoms with Crippen LogP contribution in [-0.4, -0.2) is 30.6 Å². The standard InChI is InChI=1S/C25H18F2N6OS2/c26-18-7-5-16(6-8-18)13-29-24(34)20-14-35-22(30-20)15-36-25-32-31-23(17-9-11-28-12-10-17)33(25)21-4-2-1-3-19(21)27/h1-12,14H,13,15H2,(H,29,34). The molecule has 7 nitrogen and oxygen atoms in total. The van der Waals surface area contributed by atoms with E-state index in [4.69, 9.17) is 0 Å². The SMILES string of the molecule is O=C(NCc1ccc(F)cc1)c1csc(CSc2nnc(-c3ccncc3)n2-c2ccccc2F)n1. The summed E-state index contributed by atoms with van der Waals surface area (Å²) < 4.78 is 29.4. The van der Waals surface area contributed by atoms with Crippen LogP contribution in [0.25, 0.3) is 17.1 Å². The third-order valence-corrected chi connectivity index (χ3v) is 7.11. The highest BCUT2D eigenvalue weighted by molar-refractivity contribution is 7.98. The van der Waals surface area contributed by atoms with Crippen molar-refractivity contribution in [1.29, 1.82) is 0 Å². The summed E-state index contributed by atoms with van der Waals surface area (Å²) in [5.74, 6) is -0.139. The number of benzene rings is 2. The minimum absolute atomic E-state index is 0.268. The van der Waals surface area contributed by atoms with Crippen LogP contribution >= 0.6 is 23.1 Å². The number of hydrogen-bond donors (Lipinski definition) is 1. The lowest BCUT2D eigenvalue weighted by molar-refractivity contribution is 0.0946. The molecule has 11 heteroatoms. The summed E-state index contributed by atoms with van der Waals surface area (Å²) >= 11 is 2.69. The van der Waals surface area contributed by atoms with E-state index in [1.807, 2.05) is 0 Å². The topological polar surface area (TPSA) is 85.6 Å². The van der Waals surface area contributed by atoms with Crippen molar-refractivity contribution in [1.82, 2.24) is 30.0 Å². The number of hydrogen-bond acceptors (Lipinski definition) is 7. The first-order valence-electron chi connectivity index (χ1n) is 10.8. The average molecular weight is 521 g/mol. The minimum atomic E-state index is -0.399. The smallest absolute Gasteiger partial charge is 0.271 e. The van der Waals surface area contributed by atoms with E-state index >= 15 is 0 Å². The molecule has 180 valence electrons. The monoisotopic (exact) mass is 520 g/mol. The number of carbonyl (C=O) groups excluding carboxylic acids is 1. The second kappa shape index (κ2) is 10.8. The Labute approximate surface area is 213 Å². The van der Waals surface area contributed by atoms with Crippen LogP contribution in [-0.2, 0) is 12.3 Å². The van der Waals surface area contributed by atoms with Gasteiger partial charge in [-0.1, -0.05) is 36.0 Å². The summed E-state index contributed by atoms with van der Waals surface area (Å²) in [7, 11) is 0. The normalized spacial score (nSPS) is 10.9. The molecule has 0 saturated carbocycles. The van der Waals surface area contributed by atoms with Crippen LogP contribution in [0.15, 0.2) is 83.6 Å². The van der Waals surface area contributed by atoms with Gasteiger partial charge in [0.15, 0.2) is 11.0 Å². The van der Waals surface area contributed by atoms with E-state index in [0.717, 1.165) is 11.1 Å². The quantitative estimate of drug-likeness (QED) is 0.280. The first-order chi connectivity index (χ1) is 17.6. The highest BCUT2D eigenvalue weighted by Crippen LogP contribution is 2.31. The molecule has 0 aliphatic carbocycles. The second-order valence-corrected chi connectivity index (χ2v) is 9.44. The molecule has 0 spiro atoms. The van der Waals surface area contributed by atoms with Gasteiger partial charge in [0.1, 0.15) is 22.3 Å². The molecule has 3 heterocycles. The van der Waals surface area contributed by atoms with Gasteiger partial charge < -0.3 is 5.32 Å². The summed E-state index contributed by atoms with van der Waals surface area (Å²) in [5.41, 5.74) is 2.16. The number of halogens is 2. The van der Waals surface area contributed by atoms with E-state index in [9.17, 15) is 13.6 Å². The number of nitrogens with zero attached hydrogens (tertiary/aromatic N) is 5. The molecule has 0 radical (unpaired) electrons. The Morgan fingerprint density at radius 1 is 1.00 bits per heavy atom. The molecular weight excluding hydrogens is 502 g/mol. The second-order valence-electron chi connectivity index (χ2n) is 7.55. The van der Waals surface area contributed by atoms with Gasteiger partial charge in [-0.3, -0.25) is 14.3 Å². The Kier molecular flexibility index (Phi) is 7.10. The number of aromatic nitrogens is 5. The van der Waals surface area contributed by atoms with E-state index in [1.165, 1.54) is 41.3 Å². The Morgan fingerprint density at radius 3 is 2.56 bits per heavy atom. The number of carbonyl (C=O) groups is 1. The van der Waals surface area contributed by atoms with Gasteiger partial charge in [-0.25, -0.2) is 13.8 Å². The molecule has 0 bridgehead atoms. The van der Waals surface area contributed by atoms with E-state index in [1.54, 1.807) is 64.8 Å². The molecule has 1 amide bonds. The first kappa shape index (κ1) is 23.8. The molecule has 36 heavy (non-hydrogen) atoms. The number of rotatable bonds is 8. The van der Waals surface area contributed by atoms with Crippen LogP contribution in [0.5, 0.6) is 0 Å². The van der Waals surface area contributed by atoms with Crippen LogP contribution in [0.3, 0.4) is 0 Å². The predicted octanol–water partition coefficient (Wildman–Crippen LogP) is 5.29. The maximum absolute atomic E-state index is 14.7. The number of nitrogens with one attached hydrogen (secondary N) is 1. The largest absolute Gasteiger partial charge is 0.347 e. The molecule has 0 unspecified atom stereocenters. The van der Waals surface area contributed by atoms with Crippen molar-refractivity contribution >= 4 is 29.0 Å². The van der Waals surface area contributed by atoms with Gasteiger partial charge in [-0.15, -0.1) is 21.5 Å². The van der Waals surface area contributed by atoms with E-state index < -0.39 is 5.82 Å². The lowest BCUT2D eigenvalue weighted by Crippen LogP contribution is -2.23. The van der Waals surface area contributed by atoms with Crippen molar-refractivity contribution in [2.24, 2.45) is 0 Å². The number of thiazole rings is 1. The molecule has 1 N–H and O–H groups in total. The minimum Gasteiger partial charge on any atom is -0.347 e. The highest BCUT2D eigenvalue weighted by atomic mass is 32.2. The van der Waals surface area contributed by atoms with Crippen LogP contribution in [0.1, 0.15) is 21.1 Å². The Hall–Kier alpha value is -3.96. The van der Waals surface area contributed by atoms with Gasteiger partial charge >= 0.3 is 0 Å². The van der Waals surface area contributed by atoms with Crippen molar-refractivity contribution in [3.63, 3.8) is 0 Å². The van der Waals surface area contributed by atoms with Gasteiger partial charge in [0, 0.05) is 29.9 Å². The average Bonchev–Trinajstić information content (AvgIpc) is 3.55. The van der Waals surface area contributed by atoms with Crippen LogP contribution in [0.2, 0.25) is 0 Å². The summed E-state index contributed by atoms with van der Waals surface area (Å²) in [5, 5.41) is 14.3. The van der Waals surface area contributed by atoms with Gasteiger partial charge in [0.05, 0.1) is 11.4 Å². The summed E-state index contributed by atoms with van der Waals surface area (Å²) in [4.78, 5) is 20.9. The van der Waals surface area contributed by atoms with Gasteiger partial charge in [-0.05, 0) is 42.0 Å². The maximum atomic E-state index is 14.7. The molecule has 3 aromatic heterocycles. The number of pyridine rings is 1. The fraction of sp³-hybridized carbons (Fsp3) is 0.0800. The summed E-state index contributed by atoms with van der Waals surface area (Å²) in [6.45, 7) is 0.268. The molecule has 5 aromatic rings. The van der Waals surface area contributed by atoms with Gasteiger partial charge in [0.2, 0.25) is 0 Å². The van der Waals surface area contributed by atoms with Crippen LogP contribution < -0.4 is 5.32 Å². The van der Waals surface area contributed by atoms with E-state index in [-0.39, 0.29) is 18.3 Å². The Bertz CT molecular complexity index is 1490. The third kappa shape index (κ3) is 5.31. The van der Waals surface area contributed by atoms with Crippen LogP contribution in [0, 0.1) is 11.6 Å². The van der Waals surface area contributed by atoms with E-state index in [2.05, 4.69) is 25.5 Å². The van der Waals surface area contributed by atoms with Crippen molar-refractivity contribution in [3.05, 3.63) is 106 Å². The fourth-order valence-electron chi connectivity index (χ4n) is 3.38. The van der Waals surface area contributed by atoms with Crippen LogP contribution in [0.4, 0.5) is 8.78 Å². The molecule has 0 aliphatic rings. The number of thioether (sulfide) groups is 1. The van der Waals surface area contributed by atoms with Crippen molar-refractivity contribution in [2.45, 2.75) is 17.5 Å². The molecule has 0 atom stereocenters. The molecule has 5 rings (SSSR count). The van der Waals surface area contributed by atoms with E-state index in [0.29, 0.717) is 33.1 Å². The summed E-state index contributed by atoms with van der Waals surface area (Å²) in [6, 6.07) is 15.9. The molecule has 2 aromatic carbocycles. The zero-order valence-corrected chi connectivity index (χ0v) is 20.3. The zero-order valence-electron chi connectivity index (χ0n) is 18.6. The summed E-state index contributed by atoms with van der Waals surface area (Å²) in [6.07, 6.45) is 3.28. The molecular formula is C25H18F2N6OS2. The maximum Gasteiger partial charge on any atom is 0.271 e. The predicted molar refractivity (Wildman–Crippen MR) is 134 cm³/mol. The van der Waals surface area contributed by atoms with Crippen molar-refractivity contribution in [2.75, 3.05) is 0 Å². The fourth-order valence-corrected chi connectivity index (χ4v) is 5.12. The first-order valence-corrected chi connectivity index (χ1v) is 12.7. The van der Waals surface area contributed by atoms with Gasteiger partial charge in [0.25, 0.3) is 5.91 Å². The number of para-hydroxylation sites is 1. The van der Waals surface area contributed by atoms with Gasteiger partial charge in [-0.2, -0.15) is 0 Å². The third-order valence-electron chi connectivity index (χ3n) is 5.14. The lowest BCUT2D eigenvalue weighted by atomic mass is 10.2. The molecule has 0 aliphatic heterocycles. The molecule has 0 saturated heterocycles. The lowest BCUT2D eigenvalue weighted by Gasteiger charge is -2.10. The highest BCUT2D eigenvalue weighted by Gasteiger charge is 2.19. The van der Waals surface area contributed by atoms with Crippen molar-refractivity contribution in [3.8, 4) is 17.1 Å². The Morgan fingerprint density at radius 2 is 1.78 bits per heavy atom. The molecule has 0 fully saturated rings. The zero-order chi connectivity index (χ0) is 24.9.